The highest BCUT2D eigenvalue weighted by Crippen LogP contribution is 2.36. The molecule has 0 aromatic rings. The van der Waals surface area contributed by atoms with Crippen LogP contribution in [0.3, 0.4) is 0 Å². The molecular weight excluding hydrogens is 272 g/mol. The van der Waals surface area contributed by atoms with Gasteiger partial charge in [-0.25, -0.2) is 4.79 Å². The molecule has 0 aliphatic heterocycles. The first kappa shape index (κ1) is 17.8. The van der Waals surface area contributed by atoms with E-state index in [0.29, 0.717) is 0 Å². The van der Waals surface area contributed by atoms with Crippen molar-refractivity contribution in [3.05, 3.63) is 0 Å². The van der Waals surface area contributed by atoms with E-state index in [1.165, 1.54) is 4.90 Å². The van der Waals surface area contributed by atoms with E-state index in [9.17, 15) is 19.8 Å². The minimum atomic E-state index is -0.974. The summed E-state index contributed by atoms with van der Waals surface area (Å²) in [5.74, 6) is -0.873. The van der Waals surface area contributed by atoms with Gasteiger partial charge in [-0.2, -0.15) is 0 Å². The Hall–Kier alpha value is -1.30. The summed E-state index contributed by atoms with van der Waals surface area (Å²) in [5, 5.41) is 19.0. The minimum absolute atomic E-state index is 0.0222. The molecule has 0 saturated heterocycles. The molecule has 1 saturated carbocycles. The Labute approximate surface area is 126 Å². The molecule has 0 spiro atoms. The first-order chi connectivity index (χ1) is 9.57. The molecular formula is C15H28N2O4. The van der Waals surface area contributed by atoms with Crippen LogP contribution in [0.2, 0.25) is 0 Å². The van der Waals surface area contributed by atoms with Gasteiger partial charge in [-0.3, -0.25) is 4.79 Å². The van der Waals surface area contributed by atoms with Crippen LogP contribution >= 0.6 is 0 Å². The van der Waals surface area contributed by atoms with Crippen LogP contribution in [0.25, 0.3) is 0 Å². The second kappa shape index (κ2) is 6.64. The van der Waals surface area contributed by atoms with Gasteiger partial charge in [-0.15, -0.1) is 0 Å². The lowest BCUT2D eigenvalue weighted by Crippen LogP contribution is -2.56. The van der Waals surface area contributed by atoms with Crippen LogP contribution in [-0.4, -0.2) is 63.8 Å². The molecule has 1 fully saturated rings. The predicted molar refractivity (Wildman–Crippen MR) is 80.2 cm³/mol. The Morgan fingerprint density at radius 2 is 1.67 bits per heavy atom. The van der Waals surface area contributed by atoms with Crippen LogP contribution in [0, 0.1) is 0 Å². The first-order valence-corrected chi connectivity index (χ1v) is 7.50. The lowest BCUT2D eigenvalue weighted by atomic mass is 9.78. The zero-order valence-electron chi connectivity index (χ0n) is 13.6. The third kappa shape index (κ3) is 4.88. The van der Waals surface area contributed by atoms with Gasteiger partial charge in [0.1, 0.15) is 0 Å². The van der Waals surface area contributed by atoms with Gasteiger partial charge in [0.05, 0.1) is 24.1 Å². The fourth-order valence-corrected chi connectivity index (χ4v) is 3.23. The fourth-order valence-electron chi connectivity index (χ4n) is 3.23. The summed E-state index contributed by atoms with van der Waals surface area (Å²) in [6, 6.07) is -0.236. The summed E-state index contributed by atoms with van der Waals surface area (Å²) in [5.41, 5.74) is -1.58. The normalized spacial score (nSPS) is 18.1. The minimum Gasteiger partial charge on any atom is -0.481 e. The average Bonchev–Trinajstić information content (AvgIpc) is 2.35. The third-order valence-corrected chi connectivity index (χ3v) is 4.21. The van der Waals surface area contributed by atoms with E-state index < -0.39 is 17.1 Å². The highest BCUT2D eigenvalue weighted by atomic mass is 16.4. The molecule has 1 aliphatic carbocycles. The van der Waals surface area contributed by atoms with Crippen LogP contribution in [0.4, 0.5) is 4.79 Å². The molecule has 122 valence electrons. The molecule has 0 atom stereocenters. The van der Waals surface area contributed by atoms with Crippen LogP contribution in [0.1, 0.15) is 52.4 Å². The number of aliphatic hydroxyl groups is 1. The van der Waals surface area contributed by atoms with E-state index in [1.54, 1.807) is 32.8 Å². The van der Waals surface area contributed by atoms with E-state index in [4.69, 9.17) is 0 Å². The largest absolute Gasteiger partial charge is 0.481 e. The van der Waals surface area contributed by atoms with Crippen molar-refractivity contribution < 1.29 is 19.8 Å². The summed E-state index contributed by atoms with van der Waals surface area (Å²) >= 11 is 0. The first-order valence-electron chi connectivity index (χ1n) is 7.50. The van der Waals surface area contributed by atoms with Gasteiger partial charge in [-0.1, -0.05) is 19.3 Å². The maximum atomic E-state index is 12.6. The van der Waals surface area contributed by atoms with Gasteiger partial charge in [0.15, 0.2) is 0 Å². The Bertz CT molecular complexity index is 384. The topological polar surface area (TPSA) is 81.1 Å². The lowest BCUT2D eigenvalue weighted by molar-refractivity contribution is -0.140. The Morgan fingerprint density at radius 1 is 1.14 bits per heavy atom. The number of carboxylic acids is 1. The molecule has 6 heteroatoms. The molecule has 1 aliphatic rings. The molecule has 2 amide bonds. The summed E-state index contributed by atoms with van der Waals surface area (Å²) in [4.78, 5) is 26.8. The number of carboxylic acid groups (broad SMARTS) is 1. The lowest BCUT2D eigenvalue weighted by Gasteiger charge is -2.45. The van der Waals surface area contributed by atoms with Crippen molar-refractivity contribution >= 4 is 12.0 Å². The van der Waals surface area contributed by atoms with Gasteiger partial charge in [-0.05, 0) is 26.7 Å². The van der Waals surface area contributed by atoms with E-state index in [-0.39, 0.29) is 19.0 Å². The third-order valence-electron chi connectivity index (χ3n) is 4.21. The second-order valence-electron chi connectivity index (χ2n) is 6.87. The molecule has 6 nitrogen and oxygen atoms in total. The number of amides is 2. The maximum Gasteiger partial charge on any atom is 0.320 e. The van der Waals surface area contributed by atoms with Crippen LogP contribution in [-0.2, 0) is 4.79 Å². The van der Waals surface area contributed by atoms with E-state index in [2.05, 4.69) is 0 Å². The molecule has 0 bridgehead atoms. The standard InChI is InChI=1S/C15H28N2O4/c1-14(2,21)11-16(3)13(20)17(4)15(10-12(18)19)8-6-5-7-9-15/h21H,5-11H2,1-4H3,(H,18,19). The number of carbonyl (C=O) groups is 2. The highest BCUT2D eigenvalue weighted by molar-refractivity contribution is 5.76. The number of carbonyl (C=O) groups excluding carboxylic acids is 1. The summed E-state index contributed by atoms with van der Waals surface area (Å²) < 4.78 is 0. The molecule has 0 radical (unpaired) electrons. The number of rotatable bonds is 5. The number of nitrogens with zero attached hydrogens (tertiary/aromatic N) is 2. The number of likely N-dealkylation sites (N-methyl/N-ethyl adjacent to an activating group) is 1. The van der Waals surface area contributed by atoms with Gasteiger partial charge in [0.25, 0.3) is 0 Å². The average molecular weight is 300 g/mol. The summed E-state index contributed by atoms with van der Waals surface area (Å²) in [7, 11) is 3.31. The summed E-state index contributed by atoms with van der Waals surface area (Å²) in [6.07, 6.45) is 4.39. The Kier molecular flexibility index (Phi) is 5.61. The number of hydrogen-bond acceptors (Lipinski definition) is 3. The smallest absolute Gasteiger partial charge is 0.320 e. The van der Waals surface area contributed by atoms with Gasteiger partial charge < -0.3 is 20.0 Å². The zero-order chi connectivity index (χ0) is 16.3. The van der Waals surface area contributed by atoms with Gasteiger partial charge >= 0.3 is 12.0 Å². The monoisotopic (exact) mass is 300 g/mol. The molecule has 1 rings (SSSR count). The summed E-state index contributed by atoms with van der Waals surface area (Å²) in [6.45, 7) is 3.49. The van der Waals surface area contributed by atoms with Crippen molar-refractivity contribution in [3.63, 3.8) is 0 Å². The van der Waals surface area contributed by atoms with Crippen LogP contribution in [0.5, 0.6) is 0 Å². The molecule has 2 N–H and O–H groups in total. The molecule has 21 heavy (non-hydrogen) atoms. The molecule has 0 unspecified atom stereocenters. The quantitative estimate of drug-likeness (QED) is 0.813. The van der Waals surface area contributed by atoms with E-state index in [0.717, 1.165) is 32.1 Å². The van der Waals surface area contributed by atoms with Crippen LogP contribution < -0.4 is 0 Å². The Morgan fingerprint density at radius 3 is 2.10 bits per heavy atom. The van der Waals surface area contributed by atoms with E-state index in [1.807, 2.05) is 0 Å². The fraction of sp³-hybridized carbons (Fsp3) is 0.867. The molecule has 0 aromatic carbocycles. The number of aliphatic carboxylic acids is 1. The van der Waals surface area contributed by atoms with Crippen molar-refractivity contribution in [2.45, 2.75) is 63.5 Å². The van der Waals surface area contributed by atoms with Gasteiger partial charge in [0.2, 0.25) is 0 Å². The number of hydrogen-bond donors (Lipinski definition) is 2. The van der Waals surface area contributed by atoms with Crippen LogP contribution in [0.15, 0.2) is 0 Å². The van der Waals surface area contributed by atoms with Crippen molar-refractivity contribution in [3.8, 4) is 0 Å². The van der Waals surface area contributed by atoms with Crippen molar-refractivity contribution in [1.29, 1.82) is 0 Å². The second-order valence-corrected chi connectivity index (χ2v) is 6.87. The zero-order valence-corrected chi connectivity index (χ0v) is 13.6. The predicted octanol–water partition coefficient (Wildman–Crippen LogP) is 1.92. The Balaban J connectivity index is 2.86. The highest BCUT2D eigenvalue weighted by Gasteiger charge is 2.41. The maximum absolute atomic E-state index is 12.6. The van der Waals surface area contributed by atoms with Crippen molar-refractivity contribution in [1.82, 2.24) is 9.80 Å². The molecule has 0 heterocycles. The number of urea groups is 1. The van der Waals surface area contributed by atoms with E-state index >= 15 is 0 Å². The van der Waals surface area contributed by atoms with Crippen molar-refractivity contribution in [2.24, 2.45) is 0 Å². The van der Waals surface area contributed by atoms with Gasteiger partial charge in [0, 0.05) is 14.1 Å². The SMILES string of the molecule is CN(CC(C)(C)O)C(=O)N(C)C1(CC(=O)O)CCCCC1. The molecule has 0 aromatic heterocycles. The van der Waals surface area contributed by atoms with Crippen molar-refractivity contribution in [2.75, 3.05) is 20.6 Å².